The lowest BCUT2D eigenvalue weighted by Gasteiger charge is -2.36. The lowest BCUT2D eigenvalue weighted by Crippen LogP contribution is -2.49. The summed E-state index contributed by atoms with van der Waals surface area (Å²) in [5.74, 6) is 2.44. The maximum atomic E-state index is 12.8. The second-order valence-corrected chi connectivity index (χ2v) is 9.29. The number of nitrogens with zero attached hydrogens (tertiary/aromatic N) is 5. The van der Waals surface area contributed by atoms with E-state index < -0.39 is 0 Å². The second-order valence-electron chi connectivity index (χ2n) is 8.29. The third-order valence-corrected chi connectivity index (χ3v) is 7.33. The molecule has 0 aliphatic carbocycles. The number of piperidine rings is 1. The molecule has 0 saturated carbocycles. The molecule has 0 spiro atoms. The molecule has 2 aliphatic heterocycles. The van der Waals surface area contributed by atoms with E-state index >= 15 is 0 Å². The van der Waals surface area contributed by atoms with Gasteiger partial charge in [-0.2, -0.15) is 0 Å². The zero-order chi connectivity index (χ0) is 22.3. The van der Waals surface area contributed by atoms with Crippen molar-refractivity contribution < 1.29 is 9.53 Å². The number of methoxy groups -OCH3 is 1. The Morgan fingerprint density at radius 1 is 1.12 bits per heavy atom. The van der Waals surface area contributed by atoms with Crippen molar-refractivity contribution in [2.24, 2.45) is 0 Å². The average Bonchev–Trinajstić information content (AvgIpc) is 2.87. The van der Waals surface area contributed by atoms with Gasteiger partial charge in [-0.3, -0.25) is 4.79 Å². The van der Waals surface area contributed by atoms with Gasteiger partial charge in [0.2, 0.25) is 5.91 Å². The average molecular weight is 456 g/mol. The minimum absolute atomic E-state index is 0.166. The molecule has 32 heavy (non-hydrogen) atoms. The van der Waals surface area contributed by atoms with Crippen molar-refractivity contribution in [3.8, 4) is 5.75 Å². The van der Waals surface area contributed by atoms with Gasteiger partial charge in [0, 0.05) is 44.8 Å². The number of piperazine rings is 1. The smallest absolute Gasteiger partial charge is 0.233 e. The molecule has 2 aromatic rings. The van der Waals surface area contributed by atoms with Crippen LogP contribution in [-0.2, 0) is 4.79 Å². The highest BCUT2D eigenvalue weighted by molar-refractivity contribution is 7.99. The summed E-state index contributed by atoms with van der Waals surface area (Å²) < 4.78 is 5.49. The monoisotopic (exact) mass is 455 g/mol. The van der Waals surface area contributed by atoms with Crippen LogP contribution in [0.25, 0.3) is 0 Å². The van der Waals surface area contributed by atoms with Crippen molar-refractivity contribution in [3.63, 3.8) is 0 Å². The van der Waals surface area contributed by atoms with E-state index in [1.54, 1.807) is 13.4 Å². The van der Waals surface area contributed by atoms with Crippen LogP contribution in [0.2, 0.25) is 0 Å². The third kappa shape index (κ3) is 5.28. The molecule has 0 unspecified atom stereocenters. The molecule has 1 atom stereocenters. The number of hydrogen-bond donors (Lipinski definition) is 0. The van der Waals surface area contributed by atoms with Gasteiger partial charge in [0.15, 0.2) is 0 Å². The van der Waals surface area contributed by atoms with Crippen molar-refractivity contribution in [2.75, 3.05) is 55.4 Å². The lowest BCUT2D eigenvalue weighted by molar-refractivity contribution is -0.128. The first kappa shape index (κ1) is 22.7. The number of aromatic nitrogens is 2. The molecule has 7 nitrogen and oxygen atoms in total. The first-order chi connectivity index (χ1) is 15.7. The van der Waals surface area contributed by atoms with Gasteiger partial charge >= 0.3 is 0 Å². The second kappa shape index (κ2) is 10.9. The fraction of sp³-hybridized carbons (Fsp3) is 0.542. The molecule has 172 valence electrons. The highest BCUT2D eigenvalue weighted by Crippen LogP contribution is 2.29. The molecule has 3 heterocycles. The molecule has 1 amide bonds. The molecule has 8 heteroatoms. The lowest BCUT2D eigenvalue weighted by atomic mass is 10.0. The quantitative estimate of drug-likeness (QED) is 0.466. The molecule has 2 aliphatic rings. The number of anilines is 2. The molecular weight excluding hydrogens is 422 g/mol. The molecule has 1 aromatic heterocycles. The van der Waals surface area contributed by atoms with E-state index in [0.717, 1.165) is 61.4 Å². The van der Waals surface area contributed by atoms with Crippen LogP contribution in [0.4, 0.5) is 11.5 Å². The van der Waals surface area contributed by atoms with E-state index in [0.29, 0.717) is 11.8 Å². The van der Waals surface area contributed by atoms with Crippen LogP contribution in [0, 0.1) is 0 Å². The number of rotatable bonds is 7. The number of para-hydroxylation sites is 2. The first-order valence-electron chi connectivity index (χ1n) is 11.6. The fourth-order valence-electron chi connectivity index (χ4n) is 4.61. The minimum atomic E-state index is 0.166. The van der Waals surface area contributed by atoms with Crippen molar-refractivity contribution in [2.45, 2.75) is 43.7 Å². The SMILES string of the molecule is CC[C@@H]1CCCCN1c1cc(SCC(=O)N2CCN(c3ccccc3OC)CC2)ncn1. The van der Waals surface area contributed by atoms with Crippen LogP contribution >= 0.6 is 11.8 Å². The Morgan fingerprint density at radius 2 is 1.94 bits per heavy atom. The van der Waals surface area contributed by atoms with Crippen LogP contribution in [-0.4, -0.2) is 72.4 Å². The summed E-state index contributed by atoms with van der Waals surface area (Å²) in [5, 5.41) is 0.872. The van der Waals surface area contributed by atoms with E-state index in [1.807, 2.05) is 29.2 Å². The van der Waals surface area contributed by atoms with E-state index in [4.69, 9.17) is 4.74 Å². The molecule has 4 rings (SSSR count). The highest BCUT2D eigenvalue weighted by atomic mass is 32.2. The van der Waals surface area contributed by atoms with Gasteiger partial charge in [-0.15, -0.1) is 0 Å². The van der Waals surface area contributed by atoms with Crippen LogP contribution in [0.1, 0.15) is 32.6 Å². The molecule has 0 bridgehead atoms. The van der Waals surface area contributed by atoms with Crippen molar-refractivity contribution in [3.05, 3.63) is 36.7 Å². The summed E-state index contributed by atoms with van der Waals surface area (Å²) in [5.41, 5.74) is 1.09. The van der Waals surface area contributed by atoms with Crippen LogP contribution < -0.4 is 14.5 Å². The zero-order valence-corrected chi connectivity index (χ0v) is 19.9. The van der Waals surface area contributed by atoms with E-state index in [9.17, 15) is 4.79 Å². The van der Waals surface area contributed by atoms with Crippen molar-refractivity contribution in [1.82, 2.24) is 14.9 Å². The van der Waals surface area contributed by atoms with Gasteiger partial charge < -0.3 is 19.4 Å². The van der Waals surface area contributed by atoms with Gasteiger partial charge in [0.05, 0.1) is 18.6 Å². The third-order valence-electron chi connectivity index (χ3n) is 6.42. The number of carbonyl (C=O) groups is 1. The number of thioether (sulfide) groups is 1. The first-order valence-corrected chi connectivity index (χ1v) is 12.6. The summed E-state index contributed by atoms with van der Waals surface area (Å²) in [6.07, 6.45) is 6.49. The van der Waals surface area contributed by atoms with Crippen LogP contribution in [0.3, 0.4) is 0 Å². The van der Waals surface area contributed by atoms with Gasteiger partial charge in [-0.05, 0) is 37.8 Å². The Labute approximate surface area is 195 Å². The molecular formula is C24H33N5O2S. The number of carbonyl (C=O) groups excluding carboxylic acids is 1. The normalized spacial score (nSPS) is 19.2. The van der Waals surface area contributed by atoms with Crippen molar-refractivity contribution in [1.29, 1.82) is 0 Å². The number of hydrogen-bond acceptors (Lipinski definition) is 7. The minimum Gasteiger partial charge on any atom is -0.495 e. The Kier molecular flexibility index (Phi) is 7.73. The molecule has 2 saturated heterocycles. The topological polar surface area (TPSA) is 61.8 Å². The highest BCUT2D eigenvalue weighted by Gasteiger charge is 2.24. The van der Waals surface area contributed by atoms with Gasteiger partial charge in [0.25, 0.3) is 0 Å². The summed E-state index contributed by atoms with van der Waals surface area (Å²) in [6.45, 7) is 6.35. The summed E-state index contributed by atoms with van der Waals surface area (Å²) in [6, 6.07) is 10.7. The molecule has 0 radical (unpaired) electrons. The van der Waals surface area contributed by atoms with Gasteiger partial charge in [-0.25, -0.2) is 9.97 Å². The Balaban J connectivity index is 1.30. The Bertz CT molecular complexity index is 903. The summed E-state index contributed by atoms with van der Waals surface area (Å²) in [4.78, 5) is 28.4. The Morgan fingerprint density at radius 3 is 2.72 bits per heavy atom. The molecule has 0 N–H and O–H groups in total. The molecule has 2 fully saturated rings. The van der Waals surface area contributed by atoms with Gasteiger partial charge in [0.1, 0.15) is 22.9 Å². The number of amides is 1. The Hall–Kier alpha value is -2.48. The predicted molar refractivity (Wildman–Crippen MR) is 130 cm³/mol. The standard InChI is InChI=1S/C24H33N5O2S/c1-3-19-8-6-7-11-29(19)22-16-23(26-18-25-22)32-17-24(30)28-14-12-27(13-15-28)20-9-4-5-10-21(20)31-2/h4-5,9-10,16,18-19H,3,6-8,11-15,17H2,1-2H3/t19-/m1/s1. The fourth-order valence-corrected chi connectivity index (χ4v) is 5.37. The van der Waals surface area contributed by atoms with Gasteiger partial charge in [-0.1, -0.05) is 30.8 Å². The van der Waals surface area contributed by atoms with Crippen LogP contribution in [0.5, 0.6) is 5.75 Å². The van der Waals surface area contributed by atoms with Crippen molar-refractivity contribution >= 4 is 29.2 Å². The van der Waals surface area contributed by atoms with E-state index in [2.05, 4.69) is 32.8 Å². The number of benzene rings is 1. The largest absolute Gasteiger partial charge is 0.495 e. The molecule has 1 aromatic carbocycles. The summed E-state index contributed by atoms with van der Waals surface area (Å²) >= 11 is 1.51. The summed E-state index contributed by atoms with van der Waals surface area (Å²) in [7, 11) is 1.70. The van der Waals surface area contributed by atoms with Crippen LogP contribution in [0.15, 0.2) is 41.7 Å². The predicted octanol–water partition coefficient (Wildman–Crippen LogP) is 3.70. The maximum absolute atomic E-state index is 12.8. The maximum Gasteiger partial charge on any atom is 0.233 e. The van der Waals surface area contributed by atoms with E-state index in [-0.39, 0.29) is 5.91 Å². The van der Waals surface area contributed by atoms with E-state index in [1.165, 1.54) is 31.0 Å². The number of ether oxygens (including phenoxy) is 1. The zero-order valence-electron chi connectivity index (χ0n) is 19.1.